The van der Waals surface area contributed by atoms with Crippen molar-refractivity contribution in [2.75, 3.05) is 33.9 Å². The normalized spacial score (nSPS) is 28.6. The molecule has 0 radical (unpaired) electrons. The highest BCUT2D eigenvalue weighted by Gasteiger charge is 2.23. The van der Waals surface area contributed by atoms with E-state index in [0.29, 0.717) is 17.0 Å². The molecule has 0 bridgehead atoms. The topological polar surface area (TPSA) is 21.7 Å². The minimum Gasteiger partial charge on any atom is -0.383 e. The van der Waals surface area contributed by atoms with Gasteiger partial charge in [-0.2, -0.15) is 0 Å². The van der Waals surface area contributed by atoms with Crippen molar-refractivity contribution >= 4 is 15.9 Å². The molecule has 0 aromatic heterocycles. The summed E-state index contributed by atoms with van der Waals surface area (Å²) < 4.78 is 10.9. The summed E-state index contributed by atoms with van der Waals surface area (Å²) in [4.78, 5) is 2.72. The van der Waals surface area contributed by atoms with Gasteiger partial charge in [-0.3, -0.25) is 0 Å². The largest absolute Gasteiger partial charge is 0.383 e. The Morgan fingerprint density at radius 3 is 2.80 bits per heavy atom. The van der Waals surface area contributed by atoms with Crippen molar-refractivity contribution in [2.24, 2.45) is 0 Å². The highest BCUT2D eigenvalue weighted by molar-refractivity contribution is 9.09. The van der Waals surface area contributed by atoms with Crippen LogP contribution in [-0.2, 0) is 9.47 Å². The fourth-order valence-electron chi connectivity index (χ4n) is 2.01. The molecule has 1 aliphatic rings. The second-order valence-electron chi connectivity index (χ2n) is 4.42. The van der Waals surface area contributed by atoms with Gasteiger partial charge in [0.25, 0.3) is 0 Å². The second kappa shape index (κ2) is 6.84. The molecule has 0 amide bonds. The number of likely N-dealkylation sites (N-methyl/N-ethyl adjacent to an activating group) is 1. The Kier molecular flexibility index (Phi) is 6.12. The standard InChI is InChI=1S/C11H22BrNO2/c1-9-4-5-11(15-9)7-13(2)6-10(12)8-14-3/h9-11H,4-8H2,1-3H3. The monoisotopic (exact) mass is 279 g/mol. The van der Waals surface area contributed by atoms with Gasteiger partial charge in [0.05, 0.1) is 23.6 Å². The van der Waals surface area contributed by atoms with E-state index in [-0.39, 0.29) is 0 Å². The average Bonchev–Trinajstić information content (AvgIpc) is 2.51. The lowest BCUT2D eigenvalue weighted by atomic mass is 10.2. The van der Waals surface area contributed by atoms with Crippen LogP contribution in [0.15, 0.2) is 0 Å². The molecule has 1 heterocycles. The van der Waals surface area contributed by atoms with E-state index in [1.807, 2.05) is 0 Å². The van der Waals surface area contributed by atoms with Gasteiger partial charge in [-0.25, -0.2) is 0 Å². The third kappa shape index (κ3) is 5.29. The zero-order chi connectivity index (χ0) is 11.3. The van der Waals surface area contributed by atoms with Crippen molar-refractivity contribution in [1.29, 1.82) is 0 Å². The number of halogens is 1. The lowest BCUT2D eigenvalue weighted by Crippen LogP contribution is -2.34. The lowest BCUT2D eigenvalue weighted by Gasteiger charge is -2.23. The van der Waals surface area contributed by atoms with Crippen molar-refractivity contribution in [3.8, 4) is 0 Å². The molecular formula is C11H22BrNO2. The minimum atomic E-state index is 0.409. The van der Waals surface area contributed by atoms with Crippen molar-refractivity contribution in [2.45, 2.75) is 36.8 Å². The van der Waals surface area contributed by atoms with Gasteiger partial charge < -0.3 is 14.4 Å². The number of rotatable bonds is 6. The molecule has 0 aromatic rings. The number of hydrogen-bond donors (Lipinski definition) is 0. The fraction of sp³-hybridized carbons (Fsp3) is 1.00. The zero-order valence-electron chi connectivity index (χ0n) is 9.91. The van der Waals surface area contributed by atoms with E-state index in [9.17, 15) is 0 Å². The quantitative estimate of drug-likeness (QED) is 0.694. The number of hydrogen-bond acceptors (Lipinski definition) is 3. The number of alkyl halides is 1. The predicted molar refractivity (Wildman–Crippen MR) is 65.7 cm³/mol. The molecule has 90 valence electrons. The van der Waals surface area contributed by atoms with Gasteiger partial charge in [-0.15, -0.1) is 0 Å². The van der Waals surface area contributed by atoms with Gasteiger partial charge in [-0.05, 0) is 26.8 Å². The van der Waals surface area contributed by atoms with Crippen LogP contribution in [-0.4, -0.2) is 55.8 Å². The SMILES string of the molecule is COCC(Br)CN(C)CC1CCC(C)O1. The Morgan fingerprint density at radius 1 is 1.53 bits per heavy atom. The maximum Gasteiger partial charge on any atom is 0.0706 e. The highest BCUT2D eigenvalue weighted by atomic mass is 79.9. The molecule has 1 fully saturated rings. The van der Waals surface area contributed by atoms with E-state index in [2.05, 4.69) is 34.8 Å². The van der Waals surface area contributed by atoms with E-state index in [1.165, 1.54) is 12.8 Å². The van der Waals surface area contributed by atoms with Crippen LogP contribution < -0.4 is 0 Å². The van der Waals surface area contributed by atoms with E-state index in [4.69, 9.17) is 9.47 Å². The van der Waals surface area contributed by atoms with Crippen LogP contribution in [0, 0.1) is 0 Å². The first-order valence-corrected chi connectivity index (χ1v) is 6.50. The van der Waals surface area contributed by atoms with Gasteiger partial charge >= 0.3 is 0 Å². The predicted octanol–water partition coefficient (Wildman–Crippen LogP) is 1.90. The molecule has 0 aliphatic carbocycles. The minimum absolute atomic E-state index is 0.409. The molecule has 3 unspecified atom stereocenters. The third-order valence-electron chi connectivity index (χ3n) is 2.69. The maximum atomic E-state index is 5.79. The summed E-state index contributed by atoms with van der Waals surface area (Å²) in [6.45, 7) is 4.93. The highest BCUT2D eigenvalue weighted by Crippen LogP contribution is 2.19. The van der Waals surface area contributed by atoms with Crippen molar-refractivity contribution < 1.29 is 9.47 Å². The molecular weight excluding hydrogens is 258 g/mol. The molecule has 0 saturated carbocycles. The number of ether oxygens (including phenoxy) is 2. The van der Waals surface area contributed by atoms with Crippen LogP contribution in [0.25, 0.3) is 0 Å². The Bertz CT molecular complexity index is 180. The summed E-state index contributed by atoms with van der Waals surface area (Å²) >= 11 is 3.59. The van der Waals surface area contributed by atoms with Gasteiger partial charge in [0.2, 0.25) is 0 Å². The van der Waals surface area contributed by atoms with E-state index < -0.39 is 0 Å². The smallest absolute Gasteiger partial charge is 0.0706 e. The first kappa shape index (κ1) is 13.4. The van der Waals surface area contributed by atoms with E-state index in [0.717, 1.165) is 19.7 Å². The summed E-state index contributed by atoms with van der Waals surface area (Å²) in [6, 6.07) is 0. The zero-order valence-corrected chi connectivity index (χ0v) is 11.5. The first-order valence-electron chi connectivity index (χ1n) is 5.58. The molecule has 4 heteroatoms. The van der Waals surface area contributed by atoms with Crippen molar-refractivity contribution in [3.63, 3.8) is 0 Å². The Morgan fingerprint density at radius 2 is 2.27 bits per heavy atom. The molecule has 15 heavy (non-hydrogen) atoms. The molecule has 3 atom stereocenters. The average molecular weight is 280 g/mol. The second-order valence-corrected chi connectivity index (χ2v) is 5.71. The summed E-state index contributed by atoms with van der Waals surface area (Å²) in [5.74, 6) is 0. The number of methoxy groups -OCH3 is 1. The van der Waals surface area contributed by atoms with Crippen LogP contribution in [0.2, 0.25) is 0 Å². The van der Waals surface area contributed by atoms with Crippen LogP contribution >= 0.6 is 15.9 Å². The molecule has 0 N–H and O–H groups in total. The van der Waals surface area contributed by atoms with Gasteiger partial charge in [-0.1, -0.05) is 15.9 Å². The van der Waals surface area contributed by atoms with Gasteiger partial charge in [0, 0.05) is 20.2 Å². The fourth-order valence-corrected chi connectivity index (χ4v) is 2.77. The molecule has 0 aromatic carbocycles. The summed E-state index contributed by atoms with van der Waals surface area (Å²) in [6.07, 6.45) is 3.27. The van der Waals surface area contributed by atoms with Crippen molar-refractivity contribution in [3.05, 3.63) is 0 Å². The Balaban J connectivity index is 2.15. The molecule has 1 aliphatic heterocycles. The molecule has 0 spiro atoms. The number of nitrogens with zero attached hydrogens (tertiary/aromatic N) is 1. The summed E-state index contributed by atoms with van der Waals surface area (Å²) in [7, 11) is 3.87. The summed E-state index contributed by atoms with van der Waals surface area (Å²) in [5.41, 5.74) is 0. The van der Waals surface area contributed by atoms with Crippen LogP contribution in [0.5, 0.6) is 0 Å². The first-order chi connectivity index (χ1) is 7.11. The van der Waals surface area contributed by atoms with E-state index in [1.54, 1.807) is 7.11 Å². The van der Waals surface area contributed by atoms with Crippen molar-refractivity contribution in [1.82, 2.24) is 4.90 Å². The Hall–Kier alpha value is 0.360. The third-order valence-corrected chi connectivity index (χ3v) is 3.25. The maximum absolute atomic E-state index is 5.79. The molecule has 3 nitrogen and oxygen atoms in total. The molecule has 1 saturated heterocycles. The van der Waals surface area contributed by atoms with Crippen LogP contribution in [0.1, 0.15) is 19.8 Å². The summed E-state index contributed by atoms with van der Waals surface area (Å²) in [5, 5.41) is 0. The lowest BCUT2D eigenvalue weighted by molar-refractivity contribution is 0.0356. The van der Waals surface area contributed by atoms with Crippen LogP contribution in [0.3, 0.4) is 0 Å². The van der Waals surface area contributed by atoms with Gasteiger partial charge in [0.1, 0.15) is 0 Å². The molecule has 1 rings (SSSR count). The van der Waals surface area contributed by atoms with E-state index >= 15 is 0 Å². The van der Waals surface area contributed by atoms with Gasteiger partial charge in [0.15, 0.2) is 0 Å². The Labute approximate surface area is 101 Å². The van der Waals surface area contributed by atoms with Crippen LogP contribution in [0.4, 0.5) is 0 Å².